The topological polar surface area (TPSA) is 112 Å². The summed E-state index contributed by atoms with van der Waals surface area (Å²) in [6, 6.07) is 5.38. The Morgan fingerprint density at radius 1 is 1.43 bits per heavy atom. The van der Waals surface area contributed by atoms with Gasteiger partial charge in [0, 0.05) is 24.0 Å². The lowest BCUT2D eigenvalue weighted by Gasteiger charge is -2.12. The van der Waals surface area contributed by atoms with Crippen LogP contribution in [-0.4, -0.2) is 33.6 Å². The van der Waals surface area contributed by atoms with E-state index in [1.165, 1.54) is 0 Å². The van der Waals surface area contributed by atoms with Crippen LogP contribution in [0.15, 0.2) is 29.2 Å². The Morgan fingerprint density at radius 2 is 2.30 bits per heavy atom. The number of nitrogens with zero attached hydrogens (tertiary/aromatic N) is 2. The summed E-state index contributed by atoms with van der Waals surface area (Å²) in [6.07, 6.45) is 2.32. The van der Waals surface area contributed by atoms with Gasteiger partial charge in [-0.05, 0) is 25.5 Å². The first-order chi connectivity index (χ1) is 11.1. The largest absolute Gasteiger partial charge is 0.339 e. The molecule has 1 amide bonds. The van der Waals surface area contributed by atoms with E-state index >= 15 is 0 Å². The van der Waals surface area contributed by atoms with Crippen LogP contribution in [0.5, 0.6) is 0 Å². The SMILES string of the molecule is Cc1nc(-c2ccccn2)[nH]c(=O)c1CC(=O)NC1CCNN1. The second-order valence-electron chi connectivity index (χ2n) is 5.35. The molecule has 0 radical (unpaired) electrons. The Balaban J connectivity index is 1.78. The van der Waals surface area contributed by atoms with Gasteiger partial charge in [-0.1, -0.05) is 6.07 Å². The highest BCUT2D eigenvalue weighted by Gasteiger charge is 2.18. The third kappa shape index (κ3) is 3.61. The molecule has 1 aliphatic rings. The van der Waals surface area contributed by atoms with Crippen LogP contribution in [-0.2, 0) is 11.2 Å². The number of hydrazine groups is 1. The molecule has 2 aromatic rings. The Bertz CT molecular complexity index is 752. The van der Waals surface area contributed by atoms with Gasteiger partial charge in [-0.25, -0.2) is 10.4 Å². The van der Waals surface area contributed by atoms with Gasteiger partial charge in [-0.15, -0.1) is 0 Å². The van der Waals surface area contributed by atoms with Gasteiger partial charge in [0.1, 0.15) is 5.69 Å². The van der Waals surface area contributed by atoms with Crippen molar-refractivity contribution in [1.82, 2.24) is 31.1 Å². The van der Waals surface area contributed by atoms with Gasteiger partial charge in [0.15, 0.2) is 5.82 Å². The van der Waals surface area contributed by atoms with Gasteiger partial charge < -0.3 is 10.3 Å². The molecule has 1 saturated heterocycles. The summed E-state index contributed by atoms with van der Waals surface area (Å²) in [5, 5.41) is 2.82. The molecule has 3 heterocycles. The van der Waals surface area contributed by atoms with Crippen molar-refractivity contribution in [3.05, 3.63) is 46.0 Å². The summed E-state index contributed by atoms with van der Waals surface area (Å²) in [5.74, 6) is 0.186. The minimum absolute atomic E-state index is 0.00511. The van der Waals surface area contributed by atoms with Crippen molar-refractivity contribution in [3.8, 4) is 11.5 Å². The maximum Gasteiger partial charge on any atom is 0.255 e. The second kappa shape index (κ2) is 6.67. The van der Waals surface area contributed by atoms with E-state index in [1.807, 2.05) is 6.07 Å². The van der Waals surface area contributed by atoms with Crippen LogP contribution in [0.1, 0.15) is 17.7 Å². The second-order valence-corrected chi connectivity index (χ2v) is 5.35. The van der Waals surface area contributed by atoms with E-state index in [4.69, 9.17) is 0 Å². The molecule has 0 bridgehead atoms. The highest BCUT2D eigenvalue weighted by molar-refractivity contribution is 5.79. The third-order valence-corrected chi connectivity index (χ3v) is 3.64. The lowest BCUT2D eigenvalue weighted by Crippen LogP contribution is -2.45. The first-order valence-electron chi connectivity index (χ1n) is 7.42. The normalized spacial score (nSPS) is 17.2. The van der Waals surface area contributed by atoms with Gasteiger partial charge in [0.25, 0.3) is 5.56 Å². The minimum Gasteiger partial charge on any atom is -0.339 e. The summed E-state index contributed by atoms with van der Waals surface area (Å²) in [5.41, 5.74) is 7.05. The van der Waals surface area contributed by atoms with E-state index in [-0.39, 0.29) is 24.1 Å². The number of hydrogen-bond acceptors (Lipinski definition) is 6. The molecule has 1 unspecified atom stereocenters. The van der Waals surface area contributed by atoms with Crippen molar-refractivity contribution in [2.24, 2.45) is 0 Å². The Kier molecular flexibility index (Phi) is 4.45. The Labute approximate surface area is 132 Å². The number of amides is 1. The number of aryl methyl sites for hydroxylation is 1. The molecule has 1 fully saturated rings. The third-order valence-electron chi connectivity index (χ3n) is 3.64. The first kappa shape index (κ1) is 15.3. The molecule has 1 atom stereocenters. The molecule has 120 valence electrons. The van der Waals surface area contributed by atoms with Crippen LogP contribution in [0.2, 0.25) is 0 Å². The molecular weight excluding hydrogens is 296 g/mol. The van der Waals surface area contributed by atoms with E-state index in [2.05, 4.69) is 31.1 Å². The zero-order valence-corrected chi connectivity index (χ0v) is 12.7. The predicted octanol–water partition coefficient (Wildman–Crippen LogP) is -0.377. The molecular formula is C15H18N6O2. The number of nitrogens with one attached hydrogen (secondary N) is 4. The van der Waals surface area contributed by atoms with Crippen LogP contribution in [0.4, 0.5) is 0 Å². The molecule has 2 aromatic heterocycles. The monoisotopic (exact) mass is 314 g/mol. The molecule has 0 aliphatic carbocycles. The smallest absolute Gasteiger partial charge is 0.255 e. The highest BCUT2D eigenvalue weighted by Crippen LogP contribution is 2.11. The zero-order valence-electron chi connectivity index (χ0n) is 12.7. The molecule has 8 nitrogen and oxygen atoms in total. The van der Waals surface area contributed by atoms with E-state index in [0.717, 1.165) is 13.0 Å². The molecule has 0 spiro atoms. The van der Waals surface area contributed by atoms with E-state index in [9.17, 15) is 9.59 Å². The summed E-state index contributed by atoms with van der Waals surface area (Å²) in [6.45, 7) is 2.52. The van der Waals surface area contributed by atoms with Crippen molar-refractivity contribution < 1.29 is 4.79 Å². The van der Waals surface area contributed by atoms with Crippen LogP contribution in [0.3, 0.4) is 0 Å². The summed E-state index contributed by atoms with van der Waals surface area (Å²) in [7, 11) is 0. The number of carbonyl (C=O) groups is 1. The fraction of sp³-hybridized carbons (Fsp3) is 0.333. The maximum atomic E-state index is 12.3. The average molecular weight is 314 g/mol. The van der Waals surface area contributed by atoms with Crippen molar-refractivity contribution in [1.29, 1.82) is 0 Å². The lowest BCUT2D eigenvalue weighted by atomic mass is 10.1. The van der Waals surface area contributed by atoms with Crippen molar-refractivity contribution in [3.63, 3.8) is 0 Å². The maximum absolute atomic E-state index is 12.3. The Hall–Kier alpha value is -2.58. The van der Waals surface area contributed by atoms with Gasteiger partial charge in [-0.2, -0.15) is 0 Å². The molecule has 1 aliphatic heterocycles. The number of pyridine rings is 1. The number of rotatable bonds is 4. The number of aromatic nitrogens is 3. The number of carbonyl (C=O) groups excluding carboxylic acids is 1. The predicted molar refractivity (Wildman–Crippen MR) is 84.2 cm³/mol. The molecule has 4 N–H and O–H groups in total. The number of H-pyrrole nitrogens is 1. The van der Waals surface area contributed by atoms with Gasteiger partial charge in [0.05, 0.1) is 12.6 Å². The molecule has 3 rings (SSSR count). The molecule has 0 saturated carbocycles. The summed E-state index contributed by atoms with van der Waals surface area (Å²) < 4.78 is 0. The zero-order chi connectivity index (χ0) is 16.2. The van der Waals surface area contributed by atoms with Gasteiger partial charge in [0.2, 0.25) is 5.91 Å². The Morgan fingerprint density at radius 3 is 2.96 bits per heavy atom. The minimum atomic E-state index is -0.314. The standard InChI is InChI=1S/C15H18N6O2/c1-9-10(8-13(22)19-12-5-7-17-21-12)15(23)20-14(18-9)11-4-2-3-6-16-11/h2-4,6,12,17,21H,5,7-8H2,1H3,(H,19,22)(H,18,20,23). The van der Waals surface area contributed by atoms with E-state index < -0.39 is 0 Å². The fourth-order valence-corrected chi connectivity index (χ4v) is 2.44. The van der Waals surface area contributed by atoms with E-state index in [0.29, 0.717) is 22.8 Å². The van der Waals surface area contributed by atoms with Crippen LogP contribution < -0.4 is 21.7 Å². The van der Waals surface area contributed by atoms with Crippen molar-refractivity contribution in [2.75, 3.05) is 6.54 Å². The fourth-order valence-electron chi connectivity index (χ4n) is 2.44. The van der Waals surface area contributed by atoms with Crippen LogP contribution in [0, 0.1) is 6.92 Å². The van der Waals surface area contributed by atoms with Crippen molar-refractivity contribution in [2.45, 2.75) is 25.9 Å². The van der Waals surface area contributed by atoms with E-state index in [1.54, 1.807) is 25.3 Å². The van der Waals surface area contributed by atoms with Crippen molar-refractivity contribution >= 4 is 5.91 Å². The van der Waals surface area contributed by atoms with Crippen LogP contribution in [0.25, 0.3) is 11.5 Å². The summed E-state index contributed by atoms with van der Waals surface area (Å²) in [4.78, 5) is 35.6. The average Bonchev–Trinajstić information content (AvgIpc) is 3.04. The molecule has 0 aromatic carbocycles. The highest BCUT2D eigenvalue weighted by atomic mass is 16.2. The summed E-state index contributed by atoms with van der Waals surface area (Å²) >= 11 is 0. The van der Waals surface area contributed by atoms with Crippen LogP contribution >= 0.6 is 0 Å². The molecule has 23 heavy (non-hydrogen) atoms. The molecule has 8 heteroatoms. The number of aromatic amines is 1. The lowest BCUT2D eigenvalue weighted by molar-refractivity contribution is -0.121. The number of hydrogen-bond donors (Lipinski definition) is 4. The van der Waals surface area contributed by atoms with Gasteiger partial charge >= 0.3 is 0 Å². The van der Waals surface area contributed by atoms with Gasteiger partial charge in [-0.3, -0.25) is 20.0 Å². The first-order valence-corrected chi connectivity index (χ1v) is 7.42. The quantitative estimate of drug-likeness (QED) is 0.612.